The van der Waals surface area contributed by atoms with E-state index in [9.17, 15) is 0 Å². The average Bonchev–Trinajstić information content (AvgIpc) is 2.21. The fraction of sp³-hybridized carbons (Fsp3) is 0.833. The minimum absolute atomic E-state index is 0.740. The topological polar surface area (TPSA) is 28.0 Å². The highest BCUT2D eigenvalue weighted by atomic mass is 15.4. The van der Waals surface area contributed by atoms with Crippen LogP contribution in [0.15, 0.2) is 10.1 Å². The van der Waals surface area contributed by atoms with Crippen molar-refractivity contribution < 1.29 is 0 Å². The zero-order valence-electron chi connectivity index (χ0n) is 10.2. The molecule has 1 fully saturated rings. The van der Waals surface area contributed by atoms with Gasteiger partial charge in [-0.15, -0.1) is 0 Å². The molecule has 3 heteroatoms. The lowest BCUT2D eigenvalue weighted by Gasteiger charge is -2.34. The first-order chi connectivity index (χ1) is 7.17. The molecule has 1 aliphatic rings. The Balaban J connectivity index is 2.46. The van der Waals surface area contributed by atoms with Gasteiger partial charge in [0, 0.05) is 20.3 Å². The minimum Gasteiger partial charge on any atom is -0.277 e. The minimum atomic E-state index is 0.740. The molecule has 1 rings (SSSR count). The fourth-order valence-corrected chi connectivity index (χ4v) is 2.51. The molecule has 0 bridgehead atoms. The van der Waals surface area contributed by atoms with Gasteiger partial charge in [0.2, 0.25) is 0 Å². The molecule has 0 saturated heterocycles. The third kappa shape index (κ3) is 3.65. The third-order valence-electron chi connectivity index (χ3n) is 3.46. The molecule has 15 heavy (non-hydrogen) atoms. The molecular weight excluding hydrogens is 186 g/mol. The normalized spacial score (nSPS) is 31.8. The molecule has 0 aromatic carbocycles. The summed E-state index contributed by atoms with van der Waals surface area (Å²) in [5.74, 6) is 2.43. The average molecular weight is 209 g/mol. The lowest BCUT2D eigenvalue weighted by molar-refractivity contribution is 0.174. The van der Waals surface area contributed by atoms with Gasteiger partial charge in [0.25, 0.3) is 0 Å². The Morgan fingerprint density at radius 3 is 2.67 bits per heavy atom. The number of hydrogen-bond donors (Lipinski definition) is 0. The van der Waals surface area contributed by atoms with Crippen LogP contribution in [0.25, 0.3) is 0 Å². The first kappa shape index (κ1) is 12.2. The highest BCUT2D eigenvalue weighted by molar-refractivity contribution is 5.55. The summed E-state index contributed by atoms with van der Waals surface area (Å²) in [7, 11) is 1.77. The quantitative estimate of drug-likeness (QED) is 0.397. The van der Waals surface area contributed by atoms with Crippen molar-refractivity contribution in [3.05, 3.63) is 0 Å². The molecule has 0 N–H and O–H groups in total. The number of hydrogen-bond acceptors (Lipinski definition) is 2. The van der Waals surface area contributed by atoms with Gasteiger partial charge in [0.15, 0.2) is 0 Å². The van der Waals surface area contributed by atoms with Gasteiger partial charge in [-0.3, -0.25) is 10.0 Å². The maximum atomic E-state index is 3.98. The summed E-state index contributed by atoms with van der Waals surface area (Å²) in [5.41, 5.74) is 0. The van der Waals surface area contributed by atoms with Crippen molar-refractivity contribution >= 4 is 13.1 Å². The van der Waals surface area contributed by atoms with E-state index in [1.165, 1.54) is 19.3 Å². The van der Waals surface area contributed by atoms with E-state index in [0.29, 0.717) is 0 Å². The summed E-state index contributed by atoms with van der Waals surface area (Å²) < 4.78 is 0. The molecule has 0 aliphatic heterocycles. The second-order valence-electron chi connectivity index (χ2n) is 4.79. The van der Waals surface area contributed by atoms with E-state index in [4.69, 9.17) is 0 Å². The predicted octanol–water partition coefficient (Wildman–Crippen LogP) is 2.63. The van der Waals surface area contributed by atoms with Crippen molar-refractivity contribution in [2.45, 2.75) is 33.1 Å². The molecule has 0 amide bonds. The van der Waals surface area contributed by atoms with Crippen molar-refractivity contribution in [2.75, 3.05) is 13.6 Å². The Hall–Kier alpha value is -0.860. The number of nitrogens with zero attached hydrogens (tertiary/aromatic N) is 3. The Morgan fingerprint density at radius 1 is 1.40 bits per heavy atom. The van der Waals surface area contributed by atoms with Crippen LogP contribution in [0.1, 0.15) is 33.1 Å². The Morgan fingerprint density at radius 2 is 2.13 bits per heavy atom. The molecule has 0 radical (unpaired) electrons. The van der Waals surface area contributed by atoms with Crippen LogP contribution in [0, 0.1) is 17.8 Å². The second-order valence-corrected chi connectivity index (χ2v) is 4.79. The predicted molar refractivity (Wildman–Crippen MR) is 66.3 cm³/mol. The van der Waals surface area contributed by atoms with Crippen LogP contribution in [0.5, 0.6) is 0 Å². The van der Waals surface area contributed by atoms with Crippen LogP contribution >= 0.6 is 0 Å². The van der Waals surface area contributed by atoms with Crippen molar-refractivity contribution in [3.63, 3.8) is 0 Å². The zero-order valence-corrected chi connectivity index (χ0v) is 10.2. The van der Waals surface area contributed by atoms with Crippen LogP contribution in [0.2, 0.25) is 0 Å². The summed E-state index contributed by atoms with van der Waals surface area (Å²) in [6.07, 6.45) is 5.77. The van der Waals surface area contributed by atoms with E-state index in [1.54, 1.807) is 13.4 Å². The lowest BCUT2D eigenvalue weighted by atomic mass is 9.75. The number of rotatable bonds is 4. The SMILES string of the molecule is C=NN(C=NC)C[C@H]1CCC(C)CC1C. The second kappa shape index (κ2) is 5.89. The Kier molecular flexibility index (Phi) is 4.79. The first-order valence-electron chi connectivity index (χ1n) is 5.83. The Bertz CT molecular complexity index is 225. The van der Waals surface area contributed by atoms with E-state index in [-0.39, 0.29) is 0 Å². The van der Waals surface area contributed by atoms with Gasteiger partial charge < -0.3 is 0 Å². The van der Waals surface area contributed by atoms with Crippen molar-refractivity contribution in [2.24, 2.45) is 27.8 Å². The van der Waals surface area contributed by atoms with Gasteiger partial charge in [-0.2, -0.15) is 5.10 Å². The highest BCUT2D eigenvalue weighted by Crippen LogP contribution is 2.33. The molecule has 0 heterocycles. The largest absolute Gasteiger partial charge is 0.277 e. The van der Waals surface area contributed by atoms with E-state index in [0.717, 1.165) is 24.3 Å². The third-order valence-corrected chi connectivity index (χ3v) is 3.46. The first-order valence-corrected chi connectivity index (χ1v) is 5.83. The van der Waals surface area contributed by atoms with Gasteiger partial charge in [0.05, 0.1) is 0 Å². The van der Waals surface area contributed by atoms with Crippen molar-refractivity contribution in [1.82, 2.24) is 5.01 Å². The molecule has 3 atom stereocenters. The number of hydrazone groups is 1. The maximum Gasteiger partial charge on any atom is 0.105 e. The highest BCUT2D eigenvalue weighted by Gasteiger charge is 2.26. The number of aliphatic imine (C=N–C) groups is 1. The van der Waals surface area contributed by atoms with Gasteiger partial charge >= 0.3 is 0 Å². The molecule has 1 aliphatic carbocycles. The van der Waals surface area contributed by atoms with Crippen LogP contribution in [-0.4, -0.2) is 31.7 Å². The molecular formula is C12H23N3. The molecule has 2 unspecified atom stereocenters. The Labute approximate surface area is 93.3 Å². The van der Waals surface area contributed by atoms with Crippen molar-refractivity contribution in [1.29, 1.82) is 0 Å². The molecule has 0 spiro atoms. The monoisotopic (exact) mass is 209 g/mol. The van der Waals surface area contributed by atoms with Crippen LogP contribution in [-0.2, 0) is 0 Å². The van der Waals surface area contributed by atoms with Crippen LogP contribution < -0.4 is 0 Å². The smallest absolute Gasteiger partial charge is 0.105 e. The van der Waals surface area contributed by atoms with Gasteiger partial charge in [0.1, 0.15) is 6.34 Å². The zero-order chi connectivity index (χ0) is 11.3. The molecule has 0 aromatic heterocycles. The summed E-state index contributed by atoms with van der Waals surface area (Å²) in [5, 5.41) is 5.82. The van der Waals surface area contributed by atoms with Gasteiger partial charge in [-0.1, -0.05) is 20.3 Å². The van der Waals surface area contributed by atoms with Crippen LogP contribution in [0.4, 0.5) is 0 Å². The standard InChI is InChI=1S/C12H23N3/c1-10-5-6-12(11(2)7-10)8-15(14-4)9-13-3/h9-12H,4-8H2,1-3H3/t10?,11?,12-/m1/s1. The molecule has 1 saturated carbocycles. The summed E-state index contributed by atoms with van der Waals surface area (Å²) in [4.78, 5) is 3.98. The lowest BCUT2D eigenvalue weighted by Crippen LogP contribution is -2.31. The summed E-state index contributed by atoms with van der Waals surface area (Å²) in [6.45, 7) is 9.24. The van der Waals surface area contributed by atoms with E-state index >= 15 is 0 Å². The molecule has 3 nitrogen and oxygen atoms in total. The summed E-state index contributed by atoms with van der Waals surface area (Å²) in [6, 6.07) is 0. The van der Waals surface area contributed by atoms with Gasteiger partial charge in [-0.05, 0) is 30.6 Å². The van der Waals surface area contributed by atoms with E-state index < -0.39 is 0 Å². The van der Waals surface area contributed by atoms with E-state index in [1.807, 2.05) is 5.01 Å². The fourth-order valence-electron chi connectivity index (χ4n) is 2.51. The maximum absolute atomic E-state index is 3.98. The van der Waals surface area contributed by atoms with Crippen molar-refractivity contribution in [3.8, 4) is 0 Å². The molecule has 0 aromatic rings. The van der Waals surface area contributed by atoms with Crippen LogP contribution in [0.3, 0.4) is 0 Å². The van der Waals surface area contributed by atoms with E-state index in [2.05, 4.69) is 30.7 Å². The van der Waals surface area contributed by atoms with Gasteiger partial charge in [-0.25, -0.2) is 0 Å². The molecule has 86 valence electrons. The summed E-state index contributed by atoms with van der Waals surface area (Å²) >= 11 is 0.